The number of pyridine rings is 1. The summed E-state index contributed by atoms with van der Waals surface area (Å²) in [5, 5.41) is 3.27. The van der Waals surface area contributed by atoms with Crippen LogP contribution in [0.4, 0.5) is 11.4 Å². The molecule has 0 radical (unpaired) electrons. The second kappa shape index (κ2) is 6.88. The van der Waals surface area contributed by atoms with Gasteiger partial charge in [0.05, 0.1) is 0 Å². The van der Waals surface area contributed by atoms with Crippen LogP contribution in [0.2, 0.25) is 0 Å². The van der Waals surface area contributed by atoms with E-state index in [0.29, 0.717) is 5.69 Å². The zero-order chi connectivity index (χ0) is 15.2. The Balaban J connectivity index is 2.17. The van der Waals surface area contributed by atoms with Gasteiger partial charge in [0.2, 0.25) is 0 Å². The van der Waals surface area contributed by atoms with Crippen LogP contribution in [0.25, 0.3) is 0 Å². The van der Waals surface area contributed by atoms with Crippen molar-refractivity contribution in [2.75, 3.05) is 23.8 Å². The summed E-state index contributed by atoms with van der Waals surface area (Å²) in [5.74, 6) is -0.112. The van der Waals surface area contributed by atoms with E-state index in [1.807, 2.05) is 37.3 Å². The first-order valence-corrected chi connectivity index (χ1v) is 7.16. The molecule has 4 nitrogen and oxygen atoms in total. The van der Waals surface area contributed by atoms with E-state index >= 15 is 0 Å². The fourth-order valence-electron chi connectivity index (χ4n) is 1.98. The van der Waals surface area contributed by atoms with Crippen LogP contribution in [-0.2, 0) is 0 Å². The van der Waals surface area contributed by atoms with Crippen molar-refractivity contribution in [3.8, 4) is 0 Å². The third kappa shape index (κ3) is 3.81. The maximum absolute atomic E-state index is 12.5. The summed E-state index contributed by atoms with van der Waals surface area (Å²) in [6.45, 7) is 5.01. The largest absolute Gasteiger partial charge is 0.385 e. The quantitative estimate of drug-likeness (QED) is 0.913. The Hall–Kier alpha value is -2.36. The standard InChI is InChI=1S/C17H21N3O/c1-4-10-18-14-9-11-19-16(12-14)17(21)20(3)15-7-5-13(2)6-8-15/h5-9,11-12H,4,10H2,1-3H3,(H,18,19). The van der Waals surface area contributed by atoms with E-state index in [-0.39, 0.29) is 5.91 Å². The molecular weight excluding hydrogens is 262 g/mol. The fraction of sp³-hybridized carbons (Fsp3) is 0.294. The van der Waals surface area contributed by atoms with Crippen LogP contribution in [0, 0.1) is 6.92 Å². The lowest BCUT2D eigenvalue weighted by Gasteiger charge is -2.17. The van der Waals surface area contributed by atoms with Gasteiger partial charge in [0, 0.05) is 31.2 Å². The fourth-order valence-corrected chi connectivity index (χ4v) is 1.98. The van der Waals surface area contributed by atoms with Crippen molar-refractivity contribution >= 4 is 17.3 Å². The van der Waals surface area contributed by atoms with E-state index < -0.39 is 0 Å². The number of aryl methyl sites for hydroxylation is 1. The smallest absolute Gasteiger partial charge is 0.276 e. The average molecular weight is 283 g/mol. The number of hydrogen-bond acceptors (Lipinski definition) is 3. The third-order valence-corrected chi connectivity index (χ3v) is 3.28. The summed E-state index contributed by atoms with van der Waals surface area (Å²) in [6.07, 6.45) is 2.70. The molecule has 0 atom stereocenters. The van der Waals surface area contributed by atoms with Gasteiger partial charge in [-0.2, -0.15) is 0 Å². The number of nitrogens with zero attached hydrogens (tertiary/aromatic N) is 2. The Bertz CT molecular complexity index is 608. The topological polar surface area (TPSA) is 45.2 Å². The Kier molecular flexibility index (Phi) is 4.93. The van der Waals surface area contributed by atoms with E-state index in [1.165, 1.54) is 5.56 Å². The van der Waals surface area contributed by atoms with Gasteiger partial charge in [-0.15, -0.1) is 0 Å². The molecule has 2 aromatic rings. The number of amides is 1. The number of carbonyl (C=O) groups is 1. The predicted molar refractivity (Wildman–Crippen MR) is 86.9 cm³/mol. The Morgan fingerprint density at radius 2 is 1.95 bits per heavy atom. The molecular formula is C17H21N3O. The lowest BCUT2D eigenvalue weighted by molar-refractivity contribution is 0.0988. The van der Waals surface area contributed by atoms with Crippen LogP contribution in [0.15, 0.2) is 42.6 Å². The van der Waals surface area contributed by atoms with Gasteiger partial charge < -0.3 is 10.2 Å². The highest BCUT2D eigenvalue weighted by Crippen LogP contribution is 2.17. The molecule has 1 aromatic carbocycles. The molecule has 110 valence electrons. The van der Waals surface area contributed by atoms with E-state index in [4.69, 9.17) is 0 Å². The minimum absolute atomic E-state index is 0.112. The SMILES string of the molecule is CCCNc1ccnc(C(=O)N(C)c2ccc(C)cc2)c1. The second-order valence-electron chi connectivity index (χ2n) is 5.06. The molecule has 2 rings (SSSR count). The van der Waals surface area contributed by atoms with E-state index in [9.17, 15) is 4.79 Å². The molecule has 0 fully saturated rings. The maximum atomic E-state index is 12.5. The summed E-state index contributed by atoms with van der Waals surface area (Å²) >= 11 is 0. The number of rotatable bonds is 5. The van der Waals surface area contributed by atoms with Gasteiger partial charge >= 0.3 is 0 Å². The molecule has 1 amide bonds. The number of anilines is 2. The minimum Gasteiger partial charge on any atom is -0.385 e. The first kappa shape index (κ1) is 15.0. The lowest BCUT2D eigenvalue weighted by atomic mass is 10.2. The molecule has 0 aliphatic rings. The van der Waals surface area contributed by atoms with E-state index in [2.05, 4.69) is 17.2 Å². The molecule has 0 saturated carbocycles. The van der Waals surface area contributed by atoms with Crippen LogP contribution >= 0.6 is 0 Å². The van der Waals surface area contributed by atoms with Crippen molar-refractivity contribution < 1.29 is 4.79 Å². The van der Waals surface area contributed by atoms with Crippen molar-refractivity contribution in [1.29, 1.82) is 0 Å². The second-order valence-corrected chi connectivity index (χ2v) is 5.06. The summed E-state index contributed by atoms with van der Waals surface area (Å²) in [6, 6.07) is 11.5. The Labute approximate surface area is 125 Å². The number of nitrogens with one attached hydrogen (secondary N) is 1. The van der Waals surface area contributed by atoms with Crippen molar-refractivity contribution in [3.63, 3.8) is 0 Å². The molecule has 21 heavy (non-hydrogen) atoms. The van der Waals surface area contributed by atoms with Gasteiger partial charge in [-0.1, -0.05) is 24.6 Å². The molecule has 0 aliphatic heterocycles. The molecule has 1 aromatic heterocycles. The molecule has 1 N–H and O–H groups in total. The van der Waals surface area contributed by atoms with Crippen LogP contribution < -0.4 is 10.2 Å². The van der Waals surface area contributed by atoms with Crippen LogP contribution in [0.1, 0.15) is 29.4 Å². The zero-order valence-electron chi connectivity index (χ0n) is 12.8. The van der Waals surface area contributed by atoms with Gasteiger partial charge in [0.15, 0.2) is 0 Å². The lowest BCUT2D eigenvalue weighted by Crippen LogP contribution is -2.27. The van der Waals surface area contributed by atoms with Gasteiger partial charge in [-0.05, 0) is 37.6 Å². The van der Waals surface area contributed by atoms with E-state index in [0.717, 1.165) is 24.3 Å². The molecule has 0 bridgehead atoms. The highest BCUT2D eigenvalue weighted by Gasteiger charge is 2.15. The summed E-state index contributed by atoms with van der Waals surface area (Å²) in [4.78, 5) is 18.3. The van der Waals surface area contributed by atoms with Crippen molar-refractivity contribution in [1.82, 2.24) is 4.98 Å². The summed E-state index contributed by atoms with van der Waals surface area (Å²) in [7, 11) is 1.76. The maximum Gasteiger partial charge on any atom is 0.276 e. The highest BCUT2D eigenvalue weighted by atomic mass is 16.2. The summed E-state index contributed by atoms with van der Waals surface area (Å²) in [5.41, 5.74) is 3.40. The first-order chi connectivity index (χ1) is 10.1. The molecule has 4 heteroatoms. The normalized spacial score (nSPS) is 10.2. The van der Waals surface area contributed by atoms with Crippen molar-refractivity contribution in [3.05, 3.63) is 53.9 Å². The number of carbonyl (C=O) groups excluding carboxylic acids is 1. The molecule has 0 spiro atoms. The summed E-state index contributed by atoms with van der Waals surface area (Å²) < 4.78 is 0. The van der Waals surface area contributed by atoms with Crippen LogP contribution in [-0.4, -0.2) is 24.5 Å². The Morgan fingerprint density at radius 3 is 2.62 bits per heavy atom. The van der Waals surface area contributed by atoms with Gasteiger partial charge in [0.25, 0.3) is 5.91 Å². The minimum atomic E-state index is -0.112. The number of aromatic nitrogens is 1. The van der Waals surface area contributed by atoms with Crippen molar-refractivity contribution in [2.45, 2.75) is 20.3 Å². The number of benzene rings is 1. The third-order valence-electron chi connectivity index (χ3n) is 3.28. The van der Waals surface area contributed by atoms with Crippen molar-refractivity contribution in [2.24, 2.45) is 0 Å². The molecule has 0 unspecified atom stereocenters. The molecule has 0 saturated heterocycles. The first-order valence-electron chi connectivity index (χ1n) is 7.16. The van der Waals surface area contributed by atoms with Gasteiger partial charge in [-0.3, -0.25) is 9.78 Å². The van der Waals surface area contributed by atoms with Crippen LogP contribution in [0.5, 0.6) is 0 Å². The monoisotopic (exact) mass is 283 g/mol. The van der Waals surface area contributed by atoms with Crippen LogP contribution in [0.3, 0.4) is 0 Å². The average Bonchev–Trinajstić information content (AvgIpc) is 2.52. The number of hydrogen-bond donors (Lipinski definition) is 1. The predicted octanol–water partition coefficient (Wildman–Crippen LogP) is 3.49. The molecule has 0 aliphatic carbocycles. The van der Waals surface area contributed by atoms with Gasteiger partial charge in [-0.25, -0.2) is 0 Å². The Morgan fingerprint density at radius 1 is 1.24 bits per heavy atom. The van der Waals surface area contributed by atoms with E-state index in [1.54, 1.807) is 24.2 Å². The molecule has 1 heterocycles. The highest BCUT2D eigenvalue weighted by molar-refractivity contribution is 6.04. The zero-order valence-corrected chi connectivity index (χ0v) is 12.8. The van der Waals surface area contributed by atoms with Gasteiger partial charge in [0.1, 0.15) is 5.69 Å².